The third-order valence-electron chi connectivity index (χ3n) is 6.87. The summed E-state index contributed by atoms with van der Waals surface area (Å²) in [5, 5.41) is 10.9. The van der Waals surface area contributed by atoms with E-state index in [4.69, 9.17) is 11.1 Å². The van der Waals surface area contributed by atoms with Gasteiger partial charge in [-0.3, -0.25) is 4.79 Å². The molecule has 0 fully saturated rings. The largest absolute Gasteiger partial charge is 0.398 e. The van der Waals surface area contributed by atoms with Crippen molar-refractivity contribution >= 4 is 23.4 Å². The highest BCUT2D eigenvalue weighted by Crippen LogP contribution is 2.52. The molecule has 1 unspecified atom stereocenters. The second-order valence-corrected chi connectivity index (χ2v) is 9.20. The number of anilines is 1. The van der Waals surface area contributed by atoms with Gasteiger partial charge in [-0.2, -0.15) is 0 Å². The van der Waals surface area contributed by atoms with Crippen molar-refractivity contribution in [2.24, 2.45) is 0 Å². The Morgan fingerprint density at radius 3 is 2.52 bits per heavy atom. The van der Waals surface area contributed by atoms with Gasteiger partial charge in [0.25, 0.3) is 5.91 Å². The lowest BCUT2D eigenvalue weighted by atomic mass is 9.65. The monoisotopic (exact) mass is 450 g/mol. The van der Waals surface area contributed by atoms with E-state index in [1.165, 1.54) is 34.1 Å². The van der Waals surface area contributed by atoms with E-state index >= 15 is 0 Å². The number of likely N-dealkylation sites (N-methyl/N-ethyl adjacent to an activating group) is 1. The van der Waals surface area contributed by atoms with Gasteiger partial charge in [0.15, 0.2) is 0 Å². The Balaban J connectivity index is 0.00000149. The van der Waals surface area contributed by atoms with E-state index in [0.717, 1.165) is 37.8 Å². The number of nitrogens with one attached hydrogen (secondary N) is 2. The summed E-state index contributed by atoms with van der Waals surface area (Å²) in [6, 6.07) is 12.2. The quantitative estimate of drug-likeness (QED) is 0.400. The zero-order valence-electron chi connectivity index (χ0n) is 20.7. The third kappa shape index (κ3) is 4.74. The minimum atomic E-state index is -0.103. The van der Waals surface area contributed by atoms with Crippen LogP contribution in [0.3, 0.4) is 0 Å². The minimum absolute atomic E-state index is 0. The van der Waals surface area contributed by atoms with Crippen LogP contribution >= 0.6 is 0 Å². The third-order valence-corrected chi connectivity index (χ3v) is 6.87. The first kappa shape index (κ1) is 24.7. The number of hydrogen-bond acceptors (Lipinski definition) is 4. The molecule has 5 heteroatoms. The predicted octanol–water partition coefficient (Wildman–Crippen LogP) is 5.53. The number of carbonyl (C=O) groups excluding carboxylic acids is 1. The van der Waals surface area contributed by atoms with E-state index in [2.05, 4.69) is 35.3 Å². The Morgan fingerprint density at radius 2 is 1.88 bits per heavy atom. The number of benzene rings is 2. The summed E-state index contributed by atoms with van der Waals surface area (Å²) in [4.78, 5) is 14.5. The molecule has 33 heavy (non-hydrogen) atoms. The molecule has 0 saturated carbocycles. The number of fused-ring (bicyclic) bond motifs is 2. The van der Waals surface area contributed by atoms with E-state index < -0.39 is 0 Å². The predicted molar refractivity (Wildman–Crippen MR) is 143 cm³/mol. The van der Waals surface area contributed by atoms with Crippen molar-refractivity contribution in [2.75, 3.05) is 32.9 Å². The van der Waals surface area contributed by atoms with Crippen LogP contribution in [0, 0.1) is 5.41 Å². The standard InChI is InChI=1S/C26H32N4O.C2H6.2H2/c1-26(19-10-7-17(8-11-19)25(31)29-13-14-30(2)3)15-18-9-12-23(28)21(16-27)24(18)20-5-4-6-22(20)26;1-2;;/h7-12,16,27H,4-6,13-15,28H2,1-3H3,(H,29,31);1-2H3;2*1H. The van der Waals surface area contributed by atoms with Gasteiger partial charge >= 0.3 is 0 Å². The van der Waals surface area contributed by atoms with Crippen LogP contribution in [-0.2, 0) is 11.8 Å². The minimum Gasteiger partial charge on any atom is -0.398 e. The fourth-order valence-corrected chi connectivity index (χ4v) is 5.22. The summed E-state index contributed by atoms with van der Waals surface area (Å²) < 4.78 is 0. The van der Waals surface area contributed by atoms with Crippen molar-refractivity contribution in [1.82, 2.24) is 10.2 Å². The number of nitrogens with two attached hydrogens (primary N) is 1. The molecule has 1 amide bonds. The topological polar surface area (TPSA) is 82.2 Å². The zero-order chi connectivity index (χ0) is 24.2. The molecule has 4 rings (SSSR count). The van der Waals surface area contributed by atoms with Crippen molar-refractivity contribution in [3.05, 3.63) is 69.8 Å². The highest BCUT2D eigenvalue weighted by molar-refractivity contribution is 5.96. The van der Waals surface area contributed by atoms with E-state index in [1.807, 2.05) is 46.1 Å². The first-order chi connectivity index (χ1) is 15.8. The van der Waals surface area contributed by atoms with E-state index in [-0.39, 0.29) is 14.2 Å². The number of allylic oxidation sites excluding steroid dienone is 2. The molecule has 0 heterocycles. The number of nitrogens with zero attached hydrogens (tertiary/aromatic N) is 1. The summed E-state index contributed by atoms with van der Waals surface area (Å²) in [5.41, 5.74) is 14.9. The maximum absolute atomic E-state index is 12.5. The molecule has 0 aliphatic heterocycles. The second-order valence-electron chi connectivity index (χ2n) is 9.20. The van der Waals surface area contributed by atoms with Crippen LogP contribution in [0.15, 0.2) is 42.0 Å². The number of rotatable bonds is 6. The number of hydrogen-bond donors (Lipinski definition) is 3. The van der Waals surface area contributed by atoms with Gasteiger partial charge in [-0.1, -0.05) is 44.5 Å². The molecule has 0 aromatic heterocycles. The summed E-state index contributed by atoms with van der Waals surface area (Å²) in [5.74, 6) is -0.0283. The van der Waals surface area contributed by atoms with Crippen molar-refractivity contribution in [3.63, 3.8) is 0 Å². The molecular formula is C28H42N4O. The number of carbonyl (C=O) groups is 1. The molecule has 2 aromatic rings. The maximum atomic E-state index is 12.5. The Labute approximate surface area is 201 Å². The van der Waals surface area contributed by atoms with E-state index in [9.17, 15) is 4.79 Å². The van der Waals surface area contributed by atoms with Crippen molar-refractivity contribution in [2.45, 2.75) is 51.9 Å². The lowest BCUT2D eigenvalue weighted by Gasteiger charge is -2.38. The molecule has 0 spiro atoms. The van der Waals surface area contributed by atoms with Crippen molar-refractivity contribution < 1.29 is 7.65 Å². The van der Waals surface area contributed by atoms with Crippen LogP contribution < -0.4 is 11.1 Å². The molecule has 0 saturated heterocycles. The second kappa shape index (κ2) is 10.3. The van der Waals surface area contributed by atoms with Gasteiger partial charge in [0.1, 0.15) is 0 Å². The summed E-state index contributed by atoms with van der Waals surface area (Å²) in [7, 11) is 3.99. The Morgan fingerprint density at radius 1 is 1.18 bits per heavy atom. The van der Waals surface area contributed by atoms with Crippen LogP contribution in [0.4, 0.5) is 5.69 Å². The Hall–Kier alpha value is -2.92. The molecule has 2 aromatic carbocycles. The molecular weight excluding hydrogens is 408 g/mol. The molecule has 0 radical (unpaired) electrons. The molecule has 180 valence electrons. The lowest BCUT2D eigenvalue weighted by molar-refractivity contribution is 0.0951. The summed E-state index contributed by atoms with van der Waals surface area (Å²) in [6.45, 7) is 7.78. The molecule has 4 N–H and O–H groups in total. The highest BCUT2D eigenvalue weighted by Gasteiger charge is 2.40. The van der Waals surface area contributed by atoms with E-state index in [0.29, 0.717) is 17.8 Å². The van der Waals surface area contributed by atoms with Crippen molar-refractivity contribution in [1.29, 1.82) is 5.41 Å². The Kier molecular flexibility index (Phi) is 7.75. The van der Waals surface area contributed by atoms with Crippen molar-refractivity contribution in [3.8, 4) is 0 Å². The SMILES string of the molecule is CC.CN(C)CCNC(=O)c1ccc(C2(C)Cc3ccc(N)c(C=N)c3C3=C2CCC3)cc1.[HH].[HH]. The van der Waals surface area contributed by atoms with Gasteiger partial charge < -0.3 is 21.4 Å². The van der Waals surface area contributed by atoms with Gasteiger partial charge in [-0.15, -0.1) is 0 Å². The maximum Gasteiger partial charge on any atom is 0.251 e. The molecule has 1 atom stereocenters. The average Bonchev–Trinajstić information content (AvgIpc) is 3.32. The van der Waals surface area contributed by atoms with Crippen LogP contribution in [-0.4, -0.2) is 44.2 Å². The van der Waals surface area contributed by atoms with Gasteiger partial charge in [-0.05, 0) is 80.2 Å². The average molecular weight is 451 g/mol. The van der Waals surface area contributed by atoms with Gasteiger partial charge in [0, 0.05) is 44.4 Å². The zero-order valence-corrected chi connectivity index (χ0v) is 20.7. The van der Waals surface area contributed by atoms with Gasteiger partial charge in [-0.25, -0.2) is 0 Å². The van der Waals surface area contributed by atoms with Crippen LogP contribution in [0.2, 0.25) is 0 Å². The molecule has 2 aliphatic carbocycles. The van der Waals surface area contributed by atoms with Gasteiger partial charge in [0.2, 0.25) is 0 Å². The Bertz CT molecular complexity index is 1060. The molecule has 2 aliphatic rings. The highest BCUT2D eigenvalue weighted by atomic mass is 16.1. The molecule has 5 nitrogen and oxygen atoms in total. The smallest absolute Gasteiger partial charge is 0.251 e. The number of amides is 1. The lowest BCUT2D eigenvalue weighted by Crippen LogP contribution is -2.32. The van der Waals surface area contributed by atoms with Gasteiger partial charge in [0.05, 0.1) is 0 Å². The first-order valence-corrected chi connectivity index (χ1v) is 12.0. The van der Waals surface area contributed by atoms with Crippen LogP contribution in [0.25, 0.3) is 5.57 Å². The summed E-state index contributed by atoms with van der Waals surface area (Å²) >= 11 is 0. The van der Waals surface area contributed by atoms with Crippen LogP contribution in [0.5, 0.6) is 0 Å². The number of nitrogen functional groups attached to an aromatic ring is 1. The first-order valence-electron chi connectivity index (χ1n) is 12.0. The fraction of sp³-hybridized carbons (Fsp3) is 0.429. The normalized spacial score (nSPS) is 18.8. The molecule has 0 bridgehead atoms. The van der Waals surface area contributed by atoms with E-state index in [1.54, 1.807) is 0 Å². The summed E-state index contributed by atoms with van der Waals surface area (Å²) in [6.07, 6.45) is 5.54. The van der Waals surface area contributed by atoms with Crippen LogP contribution in [0.1, 0.15) is 75.5 Å². The fourth-order valence-electron chi connectivity index (χ4n) is 5.22.